The molecule has 1 aromatic carbocycles. The number of hydrogen-bond donors (Lipinski definition) is 1. The zero-order valence-electron chi connectivity index (χ0n) is 11.3. The summed E-state index contributed by atoms with van der Waals surface area (Å²) >= 11 is 0. The van der Waals surface area contributed by atoms with Crippen LogP contribution in [-0.4, -0.2) is 11.5 Å². The Kier molecular flexibility index (Phi) is 3.65. The molecule has 1 aromatic heterocycles. The predicted molar refractivity (Wildman–Crippen MR) is 77.8 cm³/mol. The average Bonchev–Trinajstić information content (AvgIpc) is 2.97. The van der Waals surface area contributed by atoms with Gasteiger partial charge in [0.1, 0.15) is 5.82 Å². The minimum Gasteiger partial charge on any atom is -0.362 e. The number of nitrogens with two attached hydrogens (primary N) is 1. The zero-order valence-corrected chi connectivity index (χ0v) is 11.3. The van der Waals surface area contributed by atoms with Crippen molar-refractivity contribution in [2.45, 2.75) is 25.4 Å². The normalized spacial score (nSPS) is 18.5. The van der Waals surface area contributed by atoms with Gasteiger partial charge in [0.2, 0.25) is 0 Å². The Bertz CT molecular complexity index is 586. The van der Waals surface area contributed by atoms with E-state index in [-0.39, 0.29) is 11.9 Å². The van der Waals surface area contributed by atoms with Gasteiger partial charge >= 0.3 is 0 Å². The van der Waals surface area contributed by atoms with E-state index in [0.717, 1.165) is 24.9 Å². The van der Waals surface area contributed by atoms with Crippen LogP contribution in [0.15, 0.2) is 42.7 Å². The fourth-order valence-corrected chi connectivity index (χ4v) is 2.90. The molecular weight excluding hydrogens is 253 g/mol. The minimum atomic E-state index is -0.186. The van der Waals surface area contributed by atoms with Crippen LogP contribution in [0.5, 0.6) is 0 Å². The molecule has 1 fully saturated rings. The van der Waals surface area contributed by atoms with Crippen molar-refractivity contribution >= 4 is 5.69 Å². The van der Waals surface area contributed by atoms with E-state index in [1.54, 1.807) is 12.4 Å². The predicted octanol–water partition coefficient (Wildman–Crippen LogP) is 3.02. The van der Waals surface area contributed by atoms with Crippen molar-refractivity contribution < 1.29 is 4.39 Å². The summed E-state index contributed by atoms with van der Waals surface area (Å²) in [6, 6.07) is 9.54. The van der Waals surface area contributed by atoms with Gasteiger partial charge in [-0.2, -0.15) is 0 Å². The van der Waals surface area contributed by atoms with Gasteiger partial charge in [-0.1, -0.05) is 6.07 Å². The molecule has 1 aliphatic rings. The first-order chi connectivity index (χ1) is 9.79. The molecule has 3 rings (SSSR count). The van der Waals surface area contributed by atoms with E-state index in [4.69, 9.17) is 5.73 Å². The van der Waals surface area contributed by atoms with Crippen LogP contribution < -0.4 is 10.6 Å². The maximum Gasteiger partial charge on any atom is 0.146 e. The minimum absolute atomic E-state index is 0.186. The van der Waals surface area contributed by atoms with Crippen molar-refractivity contribution in [3.8, 4) is 0 Å². The van der Waals surface area contributed by atoms with Crippen LogP contribution in [0.4, 0.5) is 10.1 Å². The number of anilines is 1. The van der Waals surface area contributed by atoms with Gasteiger partial charge in [-0.25, -0.2) is 4.39 Å². The fraction of sp³-hybridized carbons (Fsp3) is 0.312. The molecule has 4 heteroatoms. The van der Waals surface area contributed by atoms with Gasteiger partial charge in [0, 0.05) is 25.5 Å². The van der Waals surface area contributed by atoms with Crippen LogP contribution >= 0.6 is 0 Å². The summed E-state index contributed by atoms with van der Waals surface area (Å²) in [6.45, 7) is 1.25. The quantitative estimate of drug-likeness (QED) is 0.933. The number of benzene rings is 1. The molecule has 0 saturated carbocycles. The van der Waals surface area contributed by atoms with Crippen LogP contribution in [0.2, 0.25) is 0 Å². The van der Waals surface area contributed by atoms with E-state index in [2.05, 4.69) is 9.88 Å². The van der Waals surface area contributed by atoms with Gasteiger partial charge in [-0.15, -0.1) is 0 Å². The molecular formula is C16H18FN3. The maximum absolute atomic E-state index is 14.3. The van der Waals surface area contributed by atoms with E-state index in [0.29, 0.717) is 12.2 Å². The lowest BCUT2D eigenvalue weighted by atomic mass is 10.1. The lowest BCUT2D eigenvalue weighted by Gasteiger charge is -2.27. The van der Waals surface area contributed by atoms with Crippen molar-refractivity contribution in [3.05, 3.63) is 59.7 Å². The number of aromatic nitrogens is 1. The second-order valence-electron chi connectivity index (χ2n) is 5.12. The second kappa shape index (κ2) is 5.59. The fourth-order valence-electron chi connectivity index (χ4n) is 2.90. The lowest BCUT2D eigenvalue weighted by Crippen LogP contribution is -2.23. The summed E-state index contributed by atoms with van der Waals surface area (Å²) < 4.78 is 14.3. The molecule has 20 heavy (non-hydrogen) atoms. The third kappa shape index (κ3) is 2.39. The van der Waals surface area contributed by atoms with Crippen molar-refractivity contribution in [2.75, 3.05) is 11.4 Å². The number of hydrogen-bond acceptors (Lipinski definition) is 3. The maximum atomic E-state index is 14.3. The molecule has 1 unspecified atom stereocenters. The number of halogens is 1. The topological polar surface area (TPSA) is 42.1 Å². The molecule has 0 amide bonds. The first-order valence-electron chi connectivity index (χ1n) is 6.94. The molecule has 1 saturated heterocycles. The number of pyridine rings is 1. The molecule has 1 aliphatic heterocycles. The Labute approximate surface area is 118 Å². The summed E-state index contributed by atoms with van der Waals surface area (Å²) in [5, 5.41) is 0. The van der Waals surface area contributed by atoms with Crippen molar-refractivity contribution in [1.82, 2.24) is 4.98 Å². The van der Waals surface area contributed by atoms with Crippen LogP contribution in [0.25, 0.3) is 0 Å². The van der Waals surface area contributed by atoms with E-state index < -0.39 is 0 Å². The summed E-state index contributed by atoms with van der Waals surface area (Å²) in [5.74, 6) is -0.186. The second-order valence-corrected chi connectivity index (χ2v) is 5.12. The number of nitrogens with zero attached hydrogens (tertiary/aromatic N) is 2. The zero-order chi connectivity index (χ0) is 13.9. The molecule has 2 N–H and O–H groups in total. The van der Waals surface area contributed by atoms with E-state index >= 15 is 0 Å². The third-order valence-corrected chi connectivity index (χ3v) is 3.90. The molecule has 2 heterocycles. The average molecular weight is 271 g/mol. The van der Waals surface area contributed by atoms with Crippen LogP contribution in [-0.2, 0) is 6.54 Å². The Morgan fingerprint density at radius 2 is 2.05 bits per heavy atom. The highest BCUT2D eigenvalue weighted by atomic mass is 19.1. The van der Waals surface area contributed by atoms with Crippen LogP contribution in [0.1, 0.15) is 30.0 Å². The summed E-state index contributed by atoms with van der Waals surface area (Å²) in [4.78, 5) is 6.19. The largest absolute Gasteiger partial charge is 0.362 e. The monoisotopic (exact) mass is 271 g/mol. The van der Waals surface area contributed by atoms with Gasteiger partial charge in [-0.3, -0.25) is 4.98 Å². The molecule has 0 spiro atoms. The summed E-state index contributed by atoms with van der Waals surface area (Å²) in [5.41, 5.74) is 8.24. The molecule has 0 aliphatic carbocycles. The van der Waals surface area contributed by atoms with E-state index in [1.807, 2.05) is 24.3 Å². The first kappa shape index (κ1) is 13.1. The highest BCUT2D eigenvalue weighted by Crippen LogP contribution is 2.37. The van der Waals surface area contributed by atoms with Gasteiger partial charge in [0.15, 0.2) is 0 Å². The van der Waals surface area contributed by atoms with Crippen molar-refractivity contribution in [2.24, 2.45) is 5.73 Å². The van der Waals surface area contributed by atoms with Gasteiger partial charge in [0.25, 0.3) is 0 Å². The Morgan fingerprint density at radius 1 is 1.25 bits per heavy atom. The molecule has 104 valence electrons. The highest BCUT2D eigenvalue weighted by molar-refractivity contribution is 5.52. The number of rotatable bonds is 3. The Morgan fingerprint density at radius 3 is 2.75 bits per heavy atom. The van der Waals surface area contributed by atoms with E-state index in [9.17, 15) is 4.39 Å². The molecule has 1 atom stereocenters. The van der Waals surface area contributed by atoms with Crippen LogP contribution in [0.3, 0.4) is 0 Å². The summed E-state index contributed by atoms with van der Waals surface area (Å²) in [7, 11) is 0. The molecule has 3 nitrogen and oxygen atoms in total. The van der Waals surface area contributed by atoms with Crippen molar-refractivity contribution in [3.63, 3.8) is 0 Å². The smallest absolute Gasteiger partial charge is 0.146 e. The van der Waals surface area contributed by atoms with Gasteiger partial charge < -0.3 is 10.6 Å². The van der Waals surface area contributed by atoms with E-state index in [1.165, 1.54) is 11.6 Å². The lowest BCUT2D eigenvalue weighted by molar-refractivity contribution is 0.609. The third-order valence-electron chi connectivity index (χ3n) is 3.90. The standard InChI is InChI=1S/C16H18FN3/c17-14-10-12(11-18)3-4-16(14)20-9-1-2-15(20)13-5-7-19-8-6-13/h3-8,10,15H,1-2,9,11,18H2. The Hall–Kier alpha value is -1.94. The van der Waals surface area contributed by atoms with Gasteiger partial charge in [-0.05, 0) is 48.2 Å². The molecule has 0 radical (unpaired) electrons. The summed E-state index contributed by atoms with van der Waals surface area (Å²) in [6.07, 6.45) is 5.70. The Balaban J connectivity index is 1.93. The SMILES string of the molecule is NCc1ccc(N2CCCC2c2ccncc2)c(F)c1. The van der Waals surface area contributed by atoms with Gasteiger partial charge in [0.05, 0.1) is 11.7 Å². The molecule has 0 bridgehead atoms. The molecule has 2 aromatic rings. The van der Waals surface area contributed by atoms with Crippen LogP contribution in [0, 0.1) is 5.82 Å². The van der Waals surface area contributed by atoms with Crippen molar-refractivity contribution in [1.29, 1.82) is 0 Å². The first-order valence-corrected chi connectivity index (χ1v) is 6.94. The highest BCUT2D eigenvalue weighted by Gasteiger charge is 2.27.